The Labute approximate surface area is 145 Å². The molecule has 0 aliphatic rings. The highest BCUT2D eigenvalue weighted by atomic mass is 35.5. The first-order valence-corrected chi connectivity index (χ1v) is 7.77. The van der Waals surface area contributed by atoms with E-state index in [0.29, 0.717) is 16.1 Å². The molecule has 0 aromatic heterocycles. The van der Waals surface area contributed by atoms with Crippen molar-refractivity contribution in [2.24, 2.45) is 5.10 Å². The zero-order chi connectivity index (χ0) is 17.5. The maximum absolute atomic E-state index is 12.0. The lowest BCUT2D eigenvalue weighted by Gasteiger charge is -2.06. The van der Waals surface area contributed by atoms with Gasteiger partial charge in [-0.15, -0.1) is 0 Å². The number of carbonyl (C=O) groups excluding carboxylic acids is 2. The van der Waals surface area contributed by atoms with Gasteiger partial charge in [-0.25, -0.2) is 5.43 Å². The second kappa shape index (κ2) is 8.26. The van der Waals surface area contributed by atoms with Crippen LogP contribution >= 0.6 is 11.6 Å². The van der Waals surface area contributed by atoms with E-state index in [-0.39, 0.29) is 12.5 Å². The Kier molecular flexibility index (Phi) is 6.09. The van der Waals surface area contributed by atoms with E-state index in [4.69, 9.17) is 11.6 Å². The predicted octanol–water partition coefficient (Wildman–Crippen LogP) is 2.84. The van der Waals surface area contributed by atoms with E-state index in [0.717, 1.165) is 11.1 Å². The van der Waals surface area contributed by atoms with Crippen LogP contribution in [0.4, 0.5) is 0 Å². The molecular formula is C18H18ClN3O2. The summed E-state index contributed by atoms with van der Waals surface area (Å²) in [6, 6.07) is 12.5. The average molecular weight is 344 g/mol. The third-order valence-corrected chi connectivity index (χ3v) is 3.82. The molecule has 0 bridgehead atoms. The molecule has 0 aliphatic carbocycles. The molecule has 0 unspecified atom stereocenters. The summed E-state index contributed by atoms with van der Waals surface area (Å²) >= 11 is 5.97. The first-order valence-electron chi connectivity index (χ1n) is 7.39. The van der Waals surface area contributed by atoms with Crippen LogP contribution in [0, 0.1) is 13.8 Å². The third kappa shape index (κ3) is 4.93. The number of benzene rings is 2. The van der Waals surface area contributed by atoms with E-state index in [1.54, 1.807) is 30.3 Å². The number of nitrogens with one attached hydrogen (secondary N) is 2. The van der Waals surface area contributed by atoms with Crippen LogP contribution in [0.15, 0.2) is 47.6 Å². The van der Waals surface area contributed by atoms with Gasteiger partial charge in [-0.2, -0.15) is 5.10 Å². The minimum absolute atomic E-state index is 0.161. The van der Waals surface area contributed by atoms with Crippen molar-refractivity contribution in [3.63, 3.8) is 0 Å². The van der Waals surface area contributed by atoms with Crippen LogP contribution in [0.25, 0.3) is 0 Å². The fraction of sp³-hybridized carbons (Fsp3) is 0.167. The predicted molar refractivity (Wildman–Crippen MR) is 95.4 cm³/mol. The van der Waals surface area contributed by atoms with Gasteiger partial charge in [-0.3, -0.25) is 9.59 Å². The number of hydrazone groups is 1. The molecule has 2 amide bonds. The number of nitrogens with zero attached hydrogens (tertiary/aromatic N) is 1. The molecule has 124 valence electrons. The summed E-state index contributed by atoms with van der Waals surface area (Å²) in [7, 11) is 0. The summed E-state index contributed by atoms with van der Waals surface area (Å²) in [6.45, 7) is 3.75. The second-order valence-corrected chi connectivity index (χ2v) is 5.70. The van der Waals surface area contributed by atoms with E-state index in [9.17, 15) is 9.59 Å². The van der Waals surface area contributed by atoms with E-state index in [1.165, 1.54) is 6.21 Å². The molecule has 0 saturated heterocycles. The molecule has 0 radical (unpaired) electrons. The van der Waals surface area contributed by atoms with Gasteiger partial charge < -0.3 is 5.32 Å². The fourth-order valence-electron chi connectivity index (χ4n) is 1.94. The van der Waals surface area contributed by atoms with Crippen LogP contribution in [0.5, 0.6) is 0 Å². The topological polar surface area (TPSA) is 70.6 Å². The lowest BCUT2D eigenvalue weighted by molar-refractivity contribution is -0.120. The number of rotatable bonds is 5. The highest BCUT2D eigenvalue weighted by Gasteiger charge is 2.08. The minimum atomic E-state index is -0.421. The Morgan fingerprint density at radius 3 is 2.58 bits per heavy atom. The van der Waals surface area contributed by atoms with Crippen LogP contribution in [-0.4, -0.2) is 24.6 Å². The molecule has 2 aromatic rings. The Bertz CT molecular complexity index is 788. The zero-order valence-corrected chi connectivity index (χ0v) is 14.2. The Hall–Kier alpha value is -2.66. The van der Waals surface area contributed by atoms with Crippen molar-refractivity contribution in [1.82, 2.24) is 10.7 Å². The van der Waals surface area contributed by atoms with Gasteiger partial charge >= 0.3 is 0 Å². The molecular weight excluding hydrogens is 326 g/mol. The van der Waals surface area contributed by atoms with Crippen molar-refractivity contribution in [3.05, 3.63) is 69.7 Å². The van der Waals surface area contributed by atoms with E-state index >= 15 is 0 Å². The molecule has 2 rings (SSSR count). The van der Waals surface area contributed by atoms with Crippen LogP contribution in [0.1, 0.15) is 27.0 Å². The number of carbonyl (C=O) groups is 2. The molecule has 5 nitrogen and oxygen atoms in total. The summed E-state index contributed by atoms with van der Waals surface area (Å²) in [5.41, 5.74) is 5.69. The molecule has 0 fully saturated rings. The van der Waals surface area contributed by atoms with Crippen molar-refractivity contribution in [2.45, 2.75) is 13.8 Å². The Morgan fingerprint density at radius 1 is 1.12 bits per heavy atom. The number of hydrogen-bond donors (Lipinski definition) is 2. The minimum Gasteiger partial charge on any atom is -0.343 e. The van der Waals surface area contributed by atoms with Gasteiger partial charge in [0.2, 0.25) is 0 Å². The van der Waals surface area contributed by atoms with E-state index in [2.05, 4.69) is 15.8 Å². The quantitative estimate of drug-likeness (QED) is 0.647. The summed E-state index contributed by atoms with van der Waals surface area (Å²) in [4.78, 5) is 23.7. The molecule has 2 N–H and O–H groups in total. The highest BCUT2D eigenvalue weighted by Crippen LogP contribution is 2.12. The van der Waals surface area contributed by atoms with Gasteiger partial charge in [-0.05, 0) is 43.2 Å². The molecule has 6 heteroatoms. The monoisotopic (exact) mass is 343 g/mol. The third-order valence-electron chi connectivity index (χ3n) is 3.48. The van der Waals surface area contributed by atoms with Crippen molar-refractivity contribution in [2.75, 3.05) is 6.54 Å². The molecule has 0 atom stereocenters. The average Bonchev–Trinajstić information content (AvgIpc) is 2.57. The van der Waals surface area contributed by atoms with Gasteiger partial charge in [0.05, 0.1) is 12.8 Å². The second-order valence-electron chi connectivity index (χ2n) is 5.30. The maximum atomic E-state index is 12.0. The first-order chi connectivity index (χ1) is 11.5. The van der Waals surface area contributed by atoms with E-state index in [1.807, 2.05) is 26.0 Å². The van der Waals surface area contributed by atoms with Crippen LogP contribution < -0.4 is 10.7 Å². The standard InChI is InChI=1S/C18H18ClN3O2/c1-12-7-8-14(9-13(12)2)18(24)20-11-17(23)22-21-10-15-5-3-4-6-16(15)19/h3-10H,11H2,1-2H3,(H,20,24)(H,22,23)/b21-10+. The lowest BCUT2D eigenvalue weighted by Crippen LogP contribution is -2.34. The summed E-state index contributed by atoms with van der Waals surface area (Å²) in [5.74, 6) is -0.723. The van der Waals surface area contributed by atoms with Crippen molar-refractivity contribution < 1.29 is 9.59 Å². The summed E-state index contributed by atoms with van der Waals surface area (Å²) < 4.78 is 0. The normalized spacial score (nSPS) is 10.6. The summed E-state index contributed by atoms with van der Waals surface area (Å²) in [5, 5.41) is 6.91. The fourth-order valence-corrected chi connectivity index (χ4v) is 2.12. The largest absolute Gasteiger partial charge is 0.343 e. The molecule has 24 heavy (non-hydrogen) atoms. The van der Waals surface area contributed by atoms with Gasteiger partial charge in [0.25, 0.3) is 11.8 Å². The Balaban J connectivity index is 1.83. The smallest absolute Gasteiger partial charge is 0.259 e. The van der Waals surface area contributed by atoms with Gasteiger partial charge in [0.1, 0.15) is 0 Å². The van der Waals surface area contributed by atoms with Crippen molar-refractivity contribution in [3.8, 4) is 0 Å². The zero-order valence-electron chi connectivity index (χ0n) is 13.5. The molecule has 0 heterocycles. The molecule has 2 aromatic carbocycles. The number of hydrogen-bond acceptors (Lipinski definition) is 3. The van der Waals surface area contributed by atoms with Crippen molar-refractivity contribution in [1.29, 1.82) is 0 Å². The molecule has 0 spiro atoms. The molecule has 0 saturated carbocycles. The van der Waals surface area contributed by atoms with Gasteiger partial charge in [-0.1, -0.05) is 35.9 Å². The number of aryl methyl sites for hydroxylation is 2. The maximum Gasteiger partial charge on any atom is 0.259 e. The van der Waals surface area contributed by atoms with Crippen LogP contribution in [0.2, 0.25) is 5.02 Å². The van der Waals surface area contributed by atoms with Crippen LogP contribution in [0.3, 0.4) is 0 Å². The summed E-state index contributed by atoms with van der Waals surface area (Å²) in [6.07, 6.45) is 1.45. The first kappa shape index (κ1) is 17.7. The van der Waals surface area contributed by atoms with Gasteiger partial charge in [0, 0.05) is 16.1 Å². The highest BCUT2D eigenvalue weighted by molar-refractivity contribution is 6.33. The number of amides is 2. The number of halogens is 1. The van der Waals surface area contributed by atoms with Crippen LogP contribution in [-0.2, 0) is 4.79 Å². The van der Waals surface area contributed by atoms with Gasteiger partial charge in [0.15, 0.2) is 0 Å². The lowest BCUT2D eigenvalue weighted by atomic mass is 10.1. The Morgan fingerprint density at radius 2 is 1.88 bits per heavy atom. The van der Waals surface area contributed by atoms with Crippen molar-refractivity contribution >= 4 is 29.6 Å². The van der Waals surface area contributed by atoms with E-state index < -0.39 is 5.91 Å². The SMILES string of the molecule is Cc1ccc(C(=O)NCC(=O)N/N=C/c2ccccc2Cl)cc1C. The molecule has 0 aliphatic heterocycles.